The second kappa shape index (κ2) is 17.7. The van der Waals surface area contributed by atoms with Crippen molar-refractivity contribution < 1.29 is 42.3 Å². The number of para-hydroxylation sites is 3. The van der Waals surface area contributed by atoms with Crippen LogP contribution in [0.25, 0.3) is 82.1 Å². The van der Waals surface area contributed by atoms with Crippen LogP contribution in [0, 0.1) is 25.7 Å². The maximum Gasteiger partial charge on any atom is 0.135 e. The zero-order chi connectivity index (χ0) is 59.8. The van der Waals surface area contributed by atoms with Crippen LogP contribution in [0.15, 0.2) is 170 Å². The molecule has 0 aliphatic carbocycles. The van der Waals surface area contributed by atoms with Gasteiger partial charge in [-0.15, -0.1) is 35.7 Å². The molecule has 12 rings (SSSR count). The molecule has 0 N–H and O–H groups in total. The second-order valence-electron chi connectivity index (χ2n) is 20.9. The van der Waals surface area contributed by atoms with Gasteiger partial charge in [0, 0.05) is 66.4 Å². The van der Waals surface area contributed by atoms with E-state index in [0.717, 1.165) is 44.0 Å². The van der Waals surface area contributed by atoms with Crippen LogP contribution in [0.5, 0.6) is 11.5 Å². The van der Waals surface area contributed by atoms with Crippen molar-refractivity contribution in [3.63, 3.8) is 0 Å². The summed E-state index contributed by atoms with van der Waals surface area (Å²) in [4.78, 5) is 6.80. The van der Waals surface area contributed by atoms with E-state index in [-0.39, 0.29) is 37.6 Å². The van der Waals surface area contributed by atoms with Crippen LogP contribution in [0.1, 0.15) is 101 Å². The summed E-state index contributed by atoms with van der Waals surface area (Å²) < 4.78 is 117. The molecule has 5 nitrogen and oxygen atoms in total. The zero-order valence-corrected chi connectivity index (χ0v) is 43.5. The van der Waals surface area contributed by atoms with E-state index in [1.165, 1.54) is 12.1 Å². The van der Waals surface area contributed by atoms with Crippen molar-refractivity contribution in [1.82, 2.24) is 14.1 Å². The zero-order valence-electron chi connectivity index (χ0n) is 53.3. The van der Waals surface area contributed by atoms with Gasteiger partial charge in [-0.05, 0) is 136 Å². The van der Waals surface area contributed by atoms with Crippen molar-refractivity contribution in [3.05, 3.63) is 211 Å². The van der Waals surface area contributed by atoms with E-state index in [4.69, 9.17) is 26.2 Å². The van der Waals surface area contributed by atoms with Gasteiger partial charge in [0.15, 0.2) is 0 Å². The number of rotatable bonds is 5. The summed E-state index contributed by atoms with van der Waals surface area (Å²) in [6.07, 6.45) is 1.84. The van der Waals surface area contributed by atoms with Gasteiger partial charge < -0.3 is 18.8 Å². The molecule has 1 aliphatic rings. The van der Waals surface area contributed by atoms with Gasteiger partial charge in [0.2, 0.25) is 0 Å². The van der Waals surface area contributed by atoms with Gasteiger partial charge in [0.25, 0.3) is 0 Å². The third-order valence-corrected chi connectivity index (χ3v) is 14.0. The molecule has 0 spiro atoms. The van der Waals surface area contributed by atoms with Crippen molar-refractivity contribution in [1.29, 1.82) is 0 Å². The number of benzene rings is 8. The Labute approximate surface area is 460 Å². The molecule has 6 heteroatoms. The predicted octanol–water partition coefficient (Wildman–Crippen LogP) is 18.1. The molecule has 11 aromatic rings. The molecule has 4 heterocycles. The van der Waals surface area contributed by atoms with E-state index >= 15 is 0 Å². The fourth-order valence-corrected chi connectivity index (χ4v) is 10.4. The molecule has 3 aromatic heterocycles. The molecule has 0 atom stereocenters. The monoisotopic (exact) mass is 1140 g/mol. The molecule has 0 bridgehead atoms. The van der Waals surface area contributed by atoms with E-state index in [1.54, 1.807) is 12.1 Å². The molecule has 0 saturated heterocycles. The molecular weight excluding hydrogens is 1070 g/mol. The Balaban J connectivity index is 0.00000752. The maximum absolute atomic E-state index is 8.99. The average molecular weight is 1140 g/mol. The van der Waals surface area contributed by atoms with Crippen LogP contribution in [0.2, 0.25) is 0 Å². The van der Waals surface area contributed by atoms with E-state index in [9.17, 15) is 0 Å². The Kier molecular flexibility index (Phi) is 8.67. The standard InChI is InChI=1S/C67H59N4O.Pt/c1-42-19-15-26-55-51-22-11-12-23-52(51)56-27-17-25-50(43-35-45(66(5,6)7)37-46(36-43)67(8,9)10)63(56)70-41-69(59-30-18-28-57(62(42)55)64(59)70)47-20-16-21-48(39-47)72-49-31-32-54-53-24-13-14-29-58(53)71(60(54)40-49)61-38-44(33-34-68-61)65(2,3)4;/h11-38,41H,1-10H3;/q-3;/i1D3,5D3,6D3,7D3;. The first-order chi connectivity index (χ1) is 39.5. The molecule has 0 unspecified atom stereocenters. The van der Waals surface area contributed by atoms with Gasteiger partial charge in [-0.2, -0.15) is 12.1 Å². The number of pyridine rings is 1. The topological polar surface area (TPSA) is 35.2 Å². The third-order valence-electron chi connectivity index (χ3n) is 14.0. The summed E-state index contributed by atoms with van der Waals surface area (Å²) in [7, 11) is 0. The van der Waals surface area contributed by atoms with Crippen molar-refractivity contribution in [2.24, 2.45) is 0 Å². The summed E-state index contributed by atoms with van der Waals surface area (Å²) in [6, 6.07) is 58.1. The molecule has 0 amide bonds. The van der Waals surface area contributed by atoms with Gasteiger partial charge in [-0.1, -0.05) is 182 Å². The van der Waals surface area contributed by atoms with Gasteiger partial charge in [-0.3, -0.25) is 0 Å². The van der Waals surface area contributed by atoms with Gasteiger partial charge in [-0.25, -0.2) is 4.98 Å². The van der Waals surface area contributed by atoms with E-state index in [1.807, 2.05) is 164 Å². The number of hydrogen-bond donors (Lipinski definition) is 0. The largest absolute Gasteiger partial charge is 0.509 e. The summed E-state index contributed by atoms with van der Waals surface area (Å²) in [5, 5.41) is 5.94. The molecule has 1 aliphatic heterocycles. The van der Waals surface area contributed by atoms with Gasteiger partial charge in [0.05, 0.1) is 0 Å². The Bertz CT molecular complexity index is 4520. The number of ether oxygens (including phenoxy) is 1. The normalized spacial score (nSPS) is 15.9. The molecule has 366 valence electrons. The third kappa shape index (κ3) is 8.23. The summed E-state index contributed by atoms with van der Waals surface area (Å²) in [5.74, 6) is 1.56. The number of anilines is 2. The number of nitrogens with zero attached hydrogens (tertiary/aromatic N) is 4. The van der Waals surface area contributed by atoms with E-state index in [2.05, 4.69) is 55.7 Å². The van der Waals surface area contributed by atoms with Crippen LogP contribution >= 0.6 is 0 Å². The molecule has 0 radical (unpaired) electrons. The summed E-state index contributed by atoms with van der Waals surface area (Å²) >= 11 is 0. The molecule has 73 heavy (non-hydrogen) atoms. The van der Waals surface area contributed by atoms with Crippen molar-refractivity contribution in [2.45, 2.75) is 85.2 Å². The number of hydrogen-bond acceptors (Lipinski definition) is 3. The number of fused-ring (bicyclic) bond motifs is 10. The Hall–Kier alpha value is -7.33. The quantitative estimate of drug-likeness (QED) is 0.161. The van der Waals surface area contributed by atoms with E-state index < -0.39 is 38.2 Å². The van der Waals surface area contributed by atoms with Crippen LogP contribution in [-0.4, -0.2) is 14.1 Å². The number of aromatic nitrogens is 3. The van der Waals surface area contributed by atoms with Gasteiger partial charge >= 0.3 is 0 Å². The van der Waals surface area contributed by atoms with Crippen molar-refractivity contribution in [3.8, 4) is 28.4 Å². The van der Waals surface area contributed by atoms with Gasteiger partial charge in [0.1, 0.15) is 5.82 Å². The second-order valence-corrected chi connectivity index (χ2v) is 20.9. The minimum Gasteiger partial charge on any atom is -0.509 e. The Morgan fingerprint density at radius 2 is 1.21 bits per heavy atom. The first-order valence-corrected chi connectivity index (χ1v) is 24.2. The minimum absolute atomic E-state index is 0. The predicted molar refractivity (Wildman–Crippen MR) is 303 cm³/mol. The minimum atomic E-state index is -3.53. The van der Waals surface area contributed by atoms with Crippen LogP contribution in [0.4, 0.5) is 11.4 Å². The summed E-state index contributed by atoms with van der Waals surface area (Å²) in [6.45, 7) is 0.970. The average Bonchev–Trinajstić information content (AvgIpc) is 1.40. The first-order valence-electron chi connectivity index (χ1n) is 30.2. The molecule has 8 aromatic carbocycles. The van der Waals surface area contributed by atoms with E-state index in [0.29, 0.717) is 72.1 Å². The molecule has 0 saturated carbocycles. The van der Waals surface area contributed by atoms with Crippen LogP contribution < -0.4 is 9.64 Å². The Morgan fingerprint density at radius 3 is 1.97 bits per heavy atom. The maximum atomic E-state index is 8.99. The summed E-state index contributed by atoms with van der Waals surface area (Å²) in [5.41, 5.74) is 2.24. The van der Waals surface area contributed by atoms with Crippen molar-refractivity contribution >= 4 is 76.5 Å². The van der Waals surface area contributed by atoms with Crippen molar-refractivity contribution in [2.75, 3.05) is 4.90 Å². The smallest absolute Gasteiger partial charge is 0.135 e. The Morgan fingerprint density at radius 1 is 0.548 bits per heavy atom. The molecular formula is C67H59N4OPt-3. The van der Waals surface area contributed by atoms with Crippen LogP contribution in [-0.2, 0) is 37.3 Å². The fourth-order valence-electron chi connectivity index (χ4n) is 10.4. The fraction of sp³-hybridized carbons (Fsp3) is 0.194. The number of aryl methyl sites for hydroxylation is 1. The SMILES string of the molecule is [2H]C([2H])([2H])c1cccc2c3ccccc3c3cccc(-c4cc(C(C)(C)C)cc(C(C([2H])([2H])[2H])(C([2H])([2H])[2H])C([2H])([2H])[2H])c4)c3n3c4c(cccc4c12)N(c1[c-]c(Oc2[c-]c4c(cc2)c2ccccc2n4-c2cc(C(C)(C)C)ccn2)ccc1)[CH-]3.[Pt]. The molecule has 0 fully saturated rings. The van der Waals surface area contributed by atoms with Crippen LogP contribution in [0.3, 0.4) is 0 Å². The first kappa shape index (κ1) is 35.7.